The van der Waals surface area contributed by atoms with E-state index in [0.29, 0.717) is 23.6 Å². The minimum Gasteiger partial charge on any atom is -0.507 e. The molecule has 1 fully saturated rings. The third-order valence-electron chi connectivity index (χ3n) is 6.00. The molecule has 7 heteroatoms. The molecule has 166 valence electrons. The number of ether oxygens (including phenoxy) is 2. The van der Waals surface area contributed by atoms with Crippen LogP contribution in [0.5, 0.6) is 11.5 Å². The number of likely N-dealkylation sites (tertiary alicyclic amines) is 1. The average Bonchev–Trinajstić information content (AvgIpc) is 3.42. The lowest BCUT2D eigenvalue weighted by atomic mass is 9.97. The van der Waals surface area contributed by atoms with Gasteiger partial charge in [0.25, 0.3) is 11.7 Å². The number of nitrogens with zero attached hydrogens (tertiary/aromatic N) is 2. The predicted octanol–water partition coefficient (Wildman–Crippen LogP) is 3.65. The van der Waals surface area contributed by atoms with Gasteiger partial charge < -0.3 is 19.5 Å². The van der Waals surface area contributed by atoms with Gasteiger partial charge in [0.1, 0.15) is 23.3 Å². The van der Waals surface area contributed by atoms with Crippen LogP contribution in [0.1, 0.15) is 28.4 Å². The van der Waals surface area contributed by atoms with Crippen LogP contribution >= 0.6 is 0 Å². The fraction of sp³-hybridized carbons (Fsp3) is 0.192. The van der Waals surface area contributed by atoms with Gasteiger partial charge in [-0.15, -0.1) is 0 Å². The van der Waals surface area contributed by atoms with Crippen LogP contribution in [0.25, 0.3) is 5.76 Å². The summed E-state index contributed by atoms with van der Waals surface area (Å²) in [6.07, 6.45) is 2.33. The summed E-state index contributed by atoms with van der Waals surface area (Å²) in [4.78, 5) is 32.2. The number of carbonyl (C=O) groups is 2. The van der Waals surface area contributed by atoms with Crippen LogP contribution in [0.2, 0.25) is 0 Å². The van der Waals surface area contributed by atoms with Gasteiger partial charge >= 0.3 is 0 Å². The number of pyridine rings is 1. The van der Waals surface area contributed by atoms with Gasteiger partial charge in [-0.2, -0.15) is 0 Å². The number of amides is 1. The van der Waals surface area contributed by atoms with E-state index in [0.717, 1.165) is 23.3 Å². The van der Waals surface area contributed by atoms with Crippen LogP contribution in [0.4, 0.5) is 0 Å². The van der Waals surface area contributed by atoms with Gasteiger partial charge in [0.05, 0.1) is 31.5 Å². The number of hydrogen-bond donors (Lipinski definition) is 1. The molecule has 1 N–H and O–H groups in total. The van der Waals surface area contributed by atoms with Gasteiger partial charge in [0.15, 0.2) is 0 Å². The van der Waals surface area contributed by atoms with E-state index in [-0.39, 0.29) is 17.9 Å². The monoisotopic (exact) mass is 442 g/mol. The molecular formula is C26H22N2O5. The van der Waals surface area contributed by atoms with Crippen molar-refractivity contribution in [1.82, 2.24) is 9.88 Å². The zero-order chi connectivity index (χ0) is 22.9. The molecule has 0 radical (unpaired) electrons. The van der Waals surface area contributed by atoms with E-state index in [2.05, 4.69) is 4.98 Å². The molecule has 1 saturated heterocycles. The van der Waals surface area contributed by atoms with E-state index >= 15 is 0 Å². The molecule has 5 rings (SSSR count). The molecule has 2 aromatic carbocycles. The van der Waals surface area contributed by atoms with Gasteiger partial charge in [-0.1, -0.05) is 24.3 Å². The van der Waals surface area contributed by atoms with Crippen LogP contribution in [-0.4, -0.2) is 40.4 Å². The van der Waals surface area contributed by atoms with Crippen molar-refractivity contribution in [2.24, 2.45) is 0 Å². The molecule has 2 aliphatic heterocycles. The number of carbonyl (C=O) groups excluding carboxylic acids is 2. The number of methoxy groups -OCH3 is 1. The lowest BCUT2D eigenvalue weighted by Crippen LogP contribution is -2.29. The molecule has 1 atom stereocenters. The van der Waals surface area contributed by atoms with Crippen LogP contribution < -0.4 is 9.47 Å². The largest absolute Gasteiger partial charge is 0.507 e. The summed E-state index contributed by atoms with van der Waals surface area (Å²) in [5.41, 5.74) is 2.69. The number of aliphatic hydroxyl groups excluding tert-OH is 1. The summed E-state index contributed by atoms with van der Waals surface area (Å²) in [5.74, 6) is -0.277. The summed E-state index contributed by atoms with van der Waals surface area (Å²) in [7, 11) is 1.56. The highest BCUT2D eigenvalue weighted by atomic mass is 16.5. The molecule has 0 spiro atoms. The van der Waals surface area contributed by atoms with Gasteiger partial charge in [-0.05, 0) is 42.0 Å². The lowest BCUT2D eigenvalue weighted by Gasteiger charge is -2.25. The first-order valence-corrected chi connectivity index (χ1v) is 10.7. The molecule has 1 aromatic heterocycles. The van der Waals surface area contributed by atoms with E-state index in [1.54, 1.807) is 55.8 Å². The molecule has 2 aliphatic rings. The molecule has 1 unspecified atom stereocenters. The van der Waals surface area contributed by atoms with Gasteiger partial charge in [-0.25, -0.2) is 0 Å². The smallest absolute Gasteiger partial charge is 0.296 e. The fourth-order valence-corrected chi connectivity index (χ4v) is 4.39. The molecule has 3 aromatic rings. The Labute approximate surface area is 190 Å². The van der Waals surface area contributed by atoms with Crippen molar-refractivity contribution in [3.8, 4) is 11.5 Å². The van der Waals surface area contributed by atoms with Crippen molar-refractivity contribution in [3.05, 3.63) is 94.8 Å². The molecule has 0 saturated carbocycles. The van der Waals surface area contributed by atoms with E-state index in [9.17, 15) is 14.7 Å². The second kappa shape index (κ2) is 8.43. The Morgan fingerprint density at radius 3 is 2.76 bits per heavy atom. The highest BCUT2D eigenvalue weighted by molar-refractivity contribution is 6.46. The van der Waals surface area contributed by atoms with Crippen molar-refractivity contribution in [2.75, 3.05) is 13.7 Å². The number of hydrogen-bond acceptors (Lipinski definition) is 6. The topological polar surface area (TPSA) is 89.0 Å². The Bertz CT molecular complexity index is 1270. The van der Waals surface area contributed by atoms with E-state index in [4.69, 9.17) is 9.47 Å². The van der Waals surface area contributed by atoms with Gasteiger partial charge in [0, 0.05) is 23.7 Å². The summed E-state index contributed by atoms with van der Waals surface area (Å²) < 4.78 is 11.0. The van der Waals surface area contributed by atoms with Crippen LogP contribution in [0, 0.1) is 0 Å². The molecule has 0 aliphatic carbocycles. The number of aromatic nitrogens is 1. The summed E-state index contributed by atoms with van der Waals surface area (Å²) >= 11 is 0. The lowest BCUT2D eigenvalue weighted by molar-refractivity contribution is -0.140. The van der Waals surface area contributed by atoms with Crippen molar-refractivity contribution < 1.29 is 24.2 Å². The zero-order valence-electron chi connectivity index (χ0n) is 18.0. The first-order chi connectivity index (χ1) is 16.1. The number of benzene rings is 2. The Morgan fingerprint density at radius 1 is 1.15 bits per heavy atom. The molecule has 1 amide bonds. The van der Waals surface area contributed by atoms with Crippen molar-refractivity contribution in [2.45, 2.75) is 19.0 Å². The van der Waals surface area contributed by atoms with Gasteiger partial charge in [0.2, 0.25) is 0 Å². The van der Waals surface area contributed by atoms with Crippen molar-refractivity contribution in [1.29, 1.82) is 0 Å². The summed E-state index contributed by atoms with van der Waals surface area (Å²) in [6, 6.07) is 17.1. The zero-order valence-corrected chi connectivity index (χ0v) is 18.0. The number of fused-ring (bicyclic) bond motifs is 1. The van der Waals surface area contributed by atoms with Crippen molar-refractivity contribution in [3.63, 3.8) is 0 Å². The normalized spacial score (nSPS) is 18.8. The van der Waals surface area contributed by atoms with Gasteiger partial charge in [-0.3, -0.25) is 14.6 Å². The molecular weight excluding hydrogens is 420 g/mol. The number of rotatable bonds is 5. The molecule has 33 heavy (non-hydrogen) atoms. The minimum atomic E-state index is -0.833. The minimum absolute atomic E-state index is 0.0208. The third-order valence-corrected chi connectivity index (χ3v) is 6.00. The molecule has 7 nitrogen and oxygen atoms in total. The van der Waals surface area contributed by atoms with E-state index < -0.39 is 17.7 Å². The summed E-state index contributed by atoms with van der Waals surface area (Å²) in [5, 5.41) is 11.2. The highest BCUT2D eigenvalue weighted by Gasteiger charge is 2.47. The quantitative estimate of drug-likeness (QED) is 0.369. The standard InChI is InChI=1S/C26H22N2O5/c1-32-20-8-3-2-6-18(20)15-28-23(19-7-4-5-12-27-19)22(25(30)26(28)31)24(29)17-9-10-21-16(14-17)11-13-33-21/h2-10,12,14,23,29H,11,13,15H2,1H3/b24-22-. The number of Topliss-reactive ketones (excluding diaryl/α,β-unsaturated/α-hetero) is 1. The fourth-order valence-electron chi connectivity index (χ4n) is 4.39. The van der Waals surface area contributed by atoms with Crippen LogP contribution in [0.15, 0.2) is 72.4 Å². The second-order valence-electron chi connectivity index (χ2n) is 7.91. The maximum atomic E-state index is 13.2. The van der Waals surface area contributed by atoms with Crippen LogP contribution in [-0.2, 0) is 22.6 Å². The Balaban J connectivity index is 1.63. The third kappa shape index (κ3) is 3.61. The average molecular weight is 442 g/mol. The number of aliphatic hydroxyl groups is 1. The Hall–Kier alpha value is -4.13. The molecule has 0 bridgehead atoms. The van der Waals surface area contributed by atoms with Crippen LogP contribution in [0.3, 0.4) is 0 Å². The van der Waals surface area contributed by atoms with Crippen molar-refractivity contribution >= 4 is 17.4 Å². The Kier molecular flexibility index (Phi) is 5.30. The number of ketones is 1. The number of para-hydroxylation sites is 1. The maximum Gasteiger partial charge on any atom is 0.296 e. The molecule has 3 heterocycles. The first kappa shape index (κ1) is 20.8. The maximum absolute atomic E-state index is 13.2. The highest BCUT2D eigenvalue weighted by Crippen LogP contribution is 2.41. The van der Waals surface area contributed by atoms with E-state index in [1.807, 2.05) is 18.2 Å². The SMILES string of the molecule is COc1ccccc1CN1C(=O)C(=O)/C(=C(\O)c2ccc3c(c2)CCO3)C1c1ccccn1. The Morgan fingerprint density at radius 2 is 1.97 bits per heavy atom. The second-order valence-corrected chi connectivity index (χ2v) is 7.91. The predicted molar refractivity (Wildman–Crippen MR) is 121 cm³/mol. The summed E-state index contributed by atoms with van der Waals surface area (Å²) in [6.45, 7) is 0.710. The first-order valence-electron chi connectivity index (χ1n) is 10.7. The van der Waals surface area contributed by atoms with E-state index in [1.165, 1.54) is 4.90 Å².